The first kappa shape index (κ1) is 18.8. The lowest BCUT2D eigenvalue weighted by Gasteiger charge is -2.34. The van der Waals surface area contributed by atoms with Crippen LogP contribution in [0.15, 0.2) is 35.8 Å². The number of aromatic nitrogens is 5. The number of hydrogen-bond donors (Lipinski definition) is 2. The Bertz CT molecular complexity index is 983. The average molecular weight is 416 g/mol. The Morgan fingerprint density at radius 3 is 3.07 bits per heavy atom. The number of carbonyl (C=O) groups excluding carboxylic acids is 1. The fourth-order valence-corrected chi connectivity index (χ4v) is 4.45. The lowest BCUT2D eigenvalue weighted by Crippen LogP contribution is -2.49. The number of H-pyrrole nitrogens is 1. The number of nitrogens with one attached hydrogen (secondary N) is 2. The fraction of sp³-hybridized carbons (Fsp3) is 0.389. The van der Waals surface area contributed by atoms with E-state index >= 15 is 0 Å². The van der Waals surface area contributed by atoms with E-state index in [4.69, 9.17) is 12.2 Å². The second kappa shape index (κ2) is 8.19. The summed E-state index contributed by atoms with van der Waals surface area (Å²) < 4.78 is 2.22. The molecule has 8 nitrogen and oxygen atoms in total. The third kappa shape index (κ3) is 3.83. The highest BCUT2D eigenvalue weighted by atomic mass is 32.1. The highest BCUT2D eigenvalue weighted by Gasteiger charge is 2.26. The Morgan fingerprint density at radius 1 is 1.43 bits per heavy atom. The normalized spacial score (nSPS) is 18.0. The van der Waals surface area contributed by atoms with Gasteiger partial charge in [0.05, 0.1) is 4.88 Å². The van der Waals surface area contributed by atoms with Gasteiger partial charge in [-0.05, 0) is 55.6 Å². The predicted molar refractivity (Wildman–Crippen MR) is 111 cm³/mol. The van der Waals surface area contributed by atoms with Crippen molar-refractivity contribution in [1.82, 2.24) is 30.3 Å². The predicted octanol–water partition coefficient (Wildman–Crippen LogP) is 2.81. The van der Waals surface area contributed by atoms with E-state index < -0.39 is 6.04 Å². The Hall–Kier alpha value is -2.59. The number of nitrogens with zero attached hydrogens (tertiary/aromatic N) is 5. The lowest BCUT2D eigenvalue weighted by molar-refractivity contribution is -0.124. The summed E-state index contributed by atoms with van der Waals surface area (Å²) in [4.78, 5) is 16.1. The Kier molecular flexibility index (Phi) is 5.49. The summed E-state index contributed by atoms with van der Waals surface area (Å²) in [7, 11) is 0. The highest BCUT2D eigenvalue weighted by Crippen LogP contribution is 2.26. The van der Waals surface area contributed by atoms with Gasteiger partial charge < -0.3 is 10.2 Å². The number of rotatable bonds is 5. The van der Waals surface area contributed by atoms with Gasteiger partial charge in [0.2, 0.25) is 5.91 Å². The molecule has 3 aromatic rings. The van der Waals surface area contributed by atoms with E-state index in [1.54, 1.807) is 22.1 Å². The first-order valence-corrected chi connectivity index (χ1v) is 10.5. The molecule has 0 saturated carbocycles. The van der Waals surface area contributed by atoms with Crippen LogP contribution in [-0.4, -0.2) is 50.0 Å². The van der Waals surface area contributed by atoms with Gasteiger partial charge in [0.15, 0.2) is 16.4 Å². The van der Waals surface area contributed by atoms with Gasteiger partial charge in [0.25, 0.3) is 0 Å². The molecular weight excluding hydrogens is 394 g/mol. The molecule has 1 amide bonds. The molecule has 1 aliphatic heterocycles. The van der Waals surface area contributed by atoms with Gasteiger partial charge in [-0.2, -0.15) is 10.2 Å². The lowest BCUT2D eigenvalue weighted by atomic mass is 10.1. The zero-order chi connectivity index (χ0) is 19.5. The molecule has 1 fully saturated rings. The summed E-state index contributed by atoms with van der Waals surface area (Å²) in [5.74, 6) is 1.46. The number of amides is 1. The molecule has 2 unspecified atom stereocenters. The van der Waals surface area contributed by atoms with Crippen LogP contribution in [0.1, 0.15) is 25.8 Å². The van der Waals surface area contributed by atoms with Gasteiger partial charge in [-0.15, -0.1) is 16.4 Å². The zero-order valence-corrected chi connectivity index (χ0v) is 17.0. The van der Waals surface area contributed by atoms with E-state index in [-0.39, 0.29) is 11.9 Å². The maximum Gasteiger partial charge on any atom is 0.243 e. The molecule has 28 heavy (non-hydrogen) atoms. The minimum atomic E-state index is -0.463. The molecule has 1 saturated heterocycles. The summed E-state index contributed by atoms with van der Waals surface area (Å²) in [6.07, 6.45) is 3.58. The summed E-state index contributed by atoms with van der Waals surface area (Å²) >= 11 is 6.94. The van der Waals surface area contributed by atoms with Crippen molar-refractivity contribution in [3.8, 4) is 10.7 Å². The van der Waals surface area contributed by atoms with Gasteiger partial charge in [0.1, 0.15) is 6.04 Å². The Morgan fingerprint density at radius 2 is 2.32 bits per heavy atom. The van der Waals surface area contributed by atoms with Crippen LogP contribution in [0.4, 0.5) is 5.82 Å². The smallest absolute Gasteiger partial charge is 0.243 e. The fourth-order valence-electron chi connectivity index (χ4n) is 3.45. The number of carbonyl (C=O) groups is 1. The van der Waals surface area contributed by atoms with E-state index in [2.05, 4.69) is 30.6 Å². The quantitative estimate of drug-likeness (QED) is 0.623. The van der Waals surface area contributed by atoms with Crippen molar-refractivity contribution in [2.45, 2.75) is 31.8 Å². The summed E-state index contributed by atoms with van der Waals surface area (Å²) in [5, 5.41) is 20.4. The minimum absolute atomic E-state index is 0.0527. The zero-order valence-electron chi connectivity index (χ0n) is 15.4. The molecule has 0 spiro atoms. The molecule has 146 valence electrons. The number of thiophene rings is 1. The monoisotopic (exact) mass is 415 g/mol. The number of hydrogen-bond acceptors (Lipinski definition) is 7. The molecule has 4 rings (SSSR count). The molecule has 2 atom stereocenters. The first-order valence-electron chi connectivity index (χ1n) is 9.17. The molecule has 0 radical (unpaired) electrons. The van der Waals surface area contributed by atoms with Crippen molar-refractivity contribution >= 4 is 35.3 Å². The maximum absolute atomic E-state index is 13.0. The molecule has 0 aliphatic carbocycles. The van der Waals surface area contributed by atoms with Crippen molar-refractivity contribution in [2.24, 2.45) is 0 Å². The molecule has 1 aliphatic rings. The molecule has 2 N–H and O–H groups in total. The van der Waals surface area contributed by atoms with E-state index in [1.165, 1.54) is 0 Å². The maximum atomic E-state index is 13.0. The Labute approximate surface area is 171 Å². The standard InChI is InChI=1S/C18H21N7OS2/c1-12(25-16(22-23-18(25)27)14-6-4-10-28-14)17(26)20-13-5-3-9-24(11-13)15-7-2-8-19-21-15/h2,4,6-8,10,12-13H,3,5,9,11H2,1H3,(H,20,26)(H,23,27). The van der Waals surface area contributed by atoms with Crippen molar-refractivity contribution in [3.63, 3.8) is 0 Å². The molecule has 0 aromatic carbocycles. The minimum Gasteiger partial charge on any atom is -0.353 e. The van der Waals surface area contributed by atoms with E-state index in [0.717, 1.165) is 30.1 Å². The third-order valence-electron chi connectivity index (χ3n) is 4.86. The SMILES string of the molecule is CC(C(=O)NC1CCCN(c2cccnn2)C1)n1c(-c2cccs2)n[nH]c1=S. The molecular formula is C18H21N7OS2. The van der Waals surface area contributed by atoms with E-state index in [0.29, 0.717) is 17.1 Å². The molecule has 4 heterocycles. The van der Waals surface area contributed by atoms with Crippen LogP contribution < -0.4 is 10.2 Å². The van der Waals surface area contributed by atoms with Crippen LogP contribution in [0.3, 0.4) is 0 Å². The summed E-state index contributed by atoms with van der Waals surface area (Å²) in [6, 6.07) is 7.33. The van der Waals surface area contributed by atoms with Crippen molar-refractivity contribution in [2.75, 3.05) is 18.0 Å². The van der Waals surface area contributed by atoms with E-state index in [1.807, 2.05) is 36.6 Å². The van der Waals surface area contributed by atoms with Crippen LogP contribution in [0, 0.1) is 4.77 Å². The highest BCUT2D eigenvalue weighted by molar-refractivity contribution is 7.71. The van der Waals surface area contributed by atoms with Crippen LogP contribution in [0.25, 0.3) is 10.7 Å². The van der Waals surface area contributed by atoms with Crippen LogP contribution in [0.2, 0.25) is 0 Å². The van der Waals surface area contributed by atoms with Crippen molar-refractivity contribution < 1.29 is 4.79 Å². The number of aromatic amines is 1. The summed E-state index contributed by atoms with van der Waals surface area (Å²) in [6.45, 7) is 3.47. The topological polar surface area (TPSA) is 91.7 Å². The van der Waals surface area contributed by atoms with Gasteiger partial charge in [0, 0.05) is 25.3 Å². The van der Waals surface area contributed by atoms with Crippen molar-refractivity contribution in [3.05, 3.63) is 40.6 Å². The summed E-state index contributed by atoms with van der Waals surface area (Å²) in [5.41, 5.74) is 0. The molecule has 10 heteroatoms. The van der Waals surface area contributed by atoms with Gasteiger partial charge in [-0.3, -0.25) is 14.5 Å². The third-order valence-corrected chi connectivity index (χ3v) is 6.02. The molecule has 3 aromatic heterocycles. The molecule has 0 bridgehead atoms. The van der Waals surface area contributed by atoms with Gasteiger partial charge >= 0.3 is 0 Å². The number of piperidine rings is 1. The second-order valence-electron chi connectivity index (χ2n) is 6.75. The van der Waals surface area contributed by atoms with Crippen LogP contribution in [0.5, 0.6) is 0 Å². The largest absolute Gasteiger partial charge is 0.353 e. The number of anilines is 1. The van der Waals surface area contributed by atoms with E-state index in [9.17, 15) is 4.79 Å². The second-order valence-corrected chi connectivity index (χ2v) is 8.09. The first-order chi connectivity index (χ1) is 13.6. The van der Waals surface area contributed by atoms with Crippen molar-refractivity contribution in [1.29, 1.82) is 0 Å². The van der Waals surface area contributed by atoms with Crippen LogP contribution >= 0.6 is 23.6 Å². The average Bonchev–Trinajstić information content (AvgIpc) is 3.38. The van der Waals surface area contributed by atoms with Crippen LogP contribution in [-0.2, 0) is 4.79 Å². The van der Waals surface area contributed by atoms with Gasteiger partial charge in [-0.1, -0.05) is 6.07 Å². The van der Waals surface area contributed by atoms with Gasteiger partial charge in [-0.25, -0.2) is 0 Å². The Balaban J connectivity index is 1.47.